The Morgan fingerprint density at radius 3 is 2.65 bits per heavy atom. The normalized spacial score (nSPS) is 11.1. The minimum absolute atomic E-state index is 0.621. The van der Waals surface area contributed by atoms with Crippen molar-refractivity contribution in [1.29, 1.82) is 0 Å². The van der Waals surface area contributed by atoms with E-state index in [1.165, 1.54) is 11.3 Å². The molecule has 0 fully saturated rings. The maximum atomic E-state index is 5.92. The Morgan fingerprint density at radius 2 is 1.90 bits per heavy atom. The van der Waals surface area contributed by atoms with E-state index in [-0.39, 0.29) is 0 Å². The van der Waals surface area contributed by atoms with Crippen LogP contribution in [0.5, 0.6) is 0 Å². The highest BCUT2D eigenvalue weighted by molar-refractivity contribution is 6.30. The van der Waals surface area contributed by atoms with Crippen LogP contribution in [0.3, 0.4) is 0 Å². The second-order valence-corrected chi connectivity index (χ2v) is 5.21. The Morgan fingerprint density at radius 1 is 1.10 bits per heavy atom. The molecule has 102 valence electrons. The summed E-state index contributed by atoms with van der Waals surface area (Å²) in [6.07, 6.45) is 3.67. The topological polar surface area (TPSA) is 43.3 Å². The van der Waals surface area contributed by atoms with Crippen molar-refractivity contribution in [3.63, 3.8) is 0 Å². The molecule has 0 amide bonds. The van der Waals surface area contributed by atoms with Crippen molar-refractivity contribution >= 4 is 17.2 Å². The number of nitrogens with zero attached hydrogens (tertiary/aromatic N) is 2. The van der Waals surface area contributed by atoms with Crippen LogP contribution in [-0.2, 0) is 12.8 Å². The Kier molecular flexibility index (Phi) is 3.72. The molecule has 2 N–H and O–H groups in total. The van der Waals surface area contributed by atoms with Gasteiger partial charge in [-0.1, -0.05) is 29.8 Å². The van der Waals surface area contributed by atoms with Gasteiger partial charge in [-0.15, -0.1) is 0 Å². The number of hydrogen-bond donors (Lipinski definition) is 1. The molecule has 2 aromatic heterocycles. The summed E-state index contributed by atoms with van der Waals surface area (Å²) in [6.45, 7) is 0.621. The van der Waals surface area contributed by atoms with Gasteiger partial charge in [0, 0.05) is 29.8 Å². The van der Waals surface area contributed by atoms with Crippen molar-refractivity contribution in [3.8, 4) is 0 Å². The summed E-state index contributed by atoms with van der Waals surface area (Å²) >= 11 is 5.92. The fourth-order valence-corrected chi connectivity index (χ4v) is 2.56. The average molecular weight is 286 g/mol. The fourth-order valence-electron chi connectivity index (χ4n) is 2.43. The first-order valence-corrected chi connectivity index (χ1v) is 7.05. The molecule has 0 radical (unpaired) electrons. The molecule has 0 bridgehead atoms. The van der Waals surface area contributed by atoms with Crippen LogP contribution in [0.15, 0.2) is 48.7 Å². The van der Waals surface area contributed by atoms with Crippen LogP contribution in [-0.4, -0.2) is 15.9 Å². The van der Waals surface area contributed by atoms with E-state index in [2.05, 4.69) is 4.40 Å². The Hall–Kier alpha value is -1.84. The zero-order valence-corrected chi connectivity index (χ0v) is 11.8. The van der Waals surface area contributed by atoms with E-state index in [0.29, 0.717) is 6.54 Å². The van der Waals surface area contributed by atoms with Gasteiger partial charge < -0.3 is 10.1 Å². The number of aromatic nitrogens is 2. The summed E-state index contributed by atoms with van der Waals surface area (Å²) in [7, 11) is 0. The van der Waals surface area contributed by atoms with Crippen molar-refractivity contribution < 1.29 is 0 Å². The van der Waals surface area contributed by atoms with Crippen molar-refractivity contribution in [3.05, 3.63) is 70.6 Å². The highest BCUT2D eigenvalue weighted by Gasteiger charge is 2.11. The lowest BCUT2D eigenvalue weighted by Gasteiger charge is -2.04. The maximum absolute atomic E-state index is 5.92. The van der Waals surface area contributed by atoms with E-state index >= 15 is 0 Å². The SMILES string of the molecule is NCCc1c(Cc2ccc(Cl)cc2)nc2ccccn12. The summed E-state index contributed by atoms with van der Waals surface area (Å²) < 4.78 is 2.12. The van der Waals surface area contributed by atoms with Crippen LogP contribution in [0, 0.1) is 0 Å². The zero-order valence-electron chi connectivity index (χ0n) is 11.1. The van der Waals surface area contributed by atoms with Crippen molar-refractivity contribution in [2.45, 2.75) is 12.8 Å². The lowest BCUT2D eigenvalue weighted by molar-refractivity contribution is 0.882. The van der Waals surface area contributed by atoms with E-state index in [0.717, 1.165) is 29.2 Å². The van der Waals surface area contributed by atoms with Gasteiger partial charge in [0.1, 0.15) is 5.65 Å². The lowest BCUT2D eigenvalue weighted by atomic mass is 10.1. The van der Waals surface area contributed by atoms with Crippen LogP contribution in [0.2, 0.25) is 5.02 Å². The van der Waals surface area contributed by atoms with Gasteiger partial charge >= 0.3 is 0 Å². The summed E-state index contributed by atoms with van der Waals surface area (Å²) in [5.74, 6) is 0. The van der Waals surface area contributed by atoms with Crippen LogP contribution in [0.4, 0.5) is 0 Å². The standard InChI is InChI=1S/C16H16ClN3/c17-13-6-4-12(5-7-13)11-14-15(8-9-18)20-10-2-1-3-16(20)19-14/h1-7,10H,8-9,11,18H2. The monoisotopic (exact) mass is 285 g/mol. The first-order valence-electron chi connectivity index (χ1n) is 6.67. The van der Waals surface area contributed by atoms with Gasteiger partial charge in [-0.2, -0.15) is 0 Å². The molecule has 20 heavy (non-hydrogen) atoms. The lowest BCUT2D eigenvalue weighted by Crippen LogP contribution is -2.07. The van der Waals surface area contributed by atoms with E-state index in [1.54, 1.807) is 0 Å². The predicted octanol–water partition coefficient (Wildman–Crippen LogP) is 3.08. The number of fused-ring (bicyclic) bond motifs is 1. The largest absolute Gasteiger partial charge is 0.330 e. The molecule has 3 rings (SSSR count). The third-order valence-electron chi connectivity index (χ3n) is 3.38. The summed E-state index contributed by atoms with van der Waals surface area (Å²) in [5, 5.41) is 0.755. The number of hydrogen-bond acceptors (Lipinski definition) is 2. The predicted molar refractivity (Wildman–Crippen MR) is 82.2 cm³/mol. The Balaban J connectivity index is 2.01. The first-order chi connectivity index (χ1) is 9.78. The van der Waals surface area contributed by atoms with Gasteiger partial charge in [0.25, 0.3) is 0 Å². The van der Waals surface area contributed by atoms with Crippen molar-refractivity contribution in [2.75, 3.05) is 6.54 Å². The number of imidazole rings is 1. The Bertz CT molecular complexity index is 716. The highest BCUT2D eigenvalue weighted by atomic mass is 35.5. The Labute approximate surface area is 123 Å². The second-order valence-electron chi connectivity index (χ2n) is 4.78. The van der Waals surface area contributed by atoms with Gasteiger partial charge in [0.2, 0.25) is 0 Å². The van der Waals surface area contributed by atoms with Crippen LogP contribution < -0.4 is 5.73 Å². The maximum Gasteiger partial charge on any atom is 0.137 e. The van der Waals surface area contributed by atoms with E-state index < -0.39 is 0 Å². The molecule has 3 aromatic rings. The van der Waals surface area contributed by atoms with Crippen LogP contribution >= 0.6 is 11.6 Å². The molecule has 0 spiro atoms. The smallest absolute Gasteiger partial charge is 0.137 e. The summed E-state index contributed by atoms with van der Waals surface area (Å²) in [4.78, 5) is 4.72. The summed E-state index contributed by atoms with van der Waals surface area (Å²) in [5.41, 5.74) is 10.2. The van der Waals surface area contributed by atoms with E-state index in [1.807, 2.05) is 48.7 Å². The number of pyridine rings is 1. The molecule has 0 atom stereocenters. The average Bonchev–Trinajstić information content (AvgIpc) is 2.80. The quantitative estimate of drug-likeness (QED) is 0.800. The molecule has 3 nitrogen and oxygen atoms in total. The zero-order chi connectivity index (χ0) is 13.9. The molecule has 0 saturated carbocycles. The fraction of sp³-hybridized carbons (Fsp3) is 0.188. The van der Waals surface area contributed by atoms with Gasteiger partial charge in [-0.05, 0) is 36.4 Å². The molecule has 2 heterocycles. The second kappa shape index (κ2) is 5.65. The number of halogens is 1. The van der Waals surface area contributed by atoms with Gasteiger partial charge in [-0.3, -0.25) is 0 Å². The van der Waals surface area contributed by atoms with Crippen molar-refractivity contribution in [2.24, 2.45) is 5.73 Å². The number of benzene rings is 1. The molecule has 0 unspecified atom stereocenters. The van der Waals surface area contributed by atoms with Crippen molar-refractivity contribution in [1.82, 2.24) is 9.38 Å². The highest BCUT2D eigenvalue weighted by Crippen LogP contribution is 2.18. The number of nitrogens with two attached hydrogens (primary N) is 1. The van der Waals surface area contributed by atoms with Crippen LogP contribution in [0.1, 0.15) is 17.0 Å². The summed E-state index contributed by atoms with van der Waals surface area (Å²) in [6, 6.07) is 13.9. The molecule has 0 aliphatic carbocycles. The minimum Gasteiger partial charge on any atom is -0.330 e. The van der Waals surface area contributed by atoms with Gasteiger partial charge in [0.05, 0.1) is 5.69 Å². The third kappa shape index (κ3) is 2.55. The molecular formula is C16H16ClN3. The van der Waals surface area contributed by atoms with E-state index in [9.17, 15) is 0 Å². The van der Waals surface area contributed by atoms with Gasteiger partial charge in [0.15, 0.2) is 0 Å². The third-order valence-corrected chi connectivity index (χ3v) is 3.63. The molecule has 0 saturated heterocycles. The molecule has 4 heteroatoms. The molecule has 1 aromatic carbocycles. The minimum atomic E-state index is 0.621. The number of rotatable bonds is 4. The van der Waals surface area contributed by atoms with Gasteiger partial charge in [-0.25, -0.2) is 4.98 Å². The molecular weight excluding hydrogens is 270 g/mol. The van der Waals surface area contributed by atoms with E-state index in [4.69, 9.17) is 22.3 Å². The molecule has 0 aliphatic rings. The first kappa shape index (κ1) is 13.2. The molecule has 0 aliphatic heterocycles. The van der Waals surface area contributed by atoms with Crippen LogP contribution in [0.25, 0.3) is 5.65 Å².